The van der Waals surface area contributed by atoms with Crippen LogP contribution in [0.2, 0.25) is 0 Å². The SMILES string of the molecule is CCCN(C)CCCc1ncccn1. The number of nitrogens with zero attached hydrogens (tertiary/aromatic N) is 3. The lowest BCUT2D eigenvalue weighted by Gasteiger charge is -2.14. The topological polar surface area (TPSA) is 29.0 Å². The quantitative estimate of drug-likeness (QED) is 0.689. The van der Waals surface area contributed by atoms with Crippen LogP contribution in [0.4, 0.5) is 0 Å². The Morgan fingerprint density at radius 2 is 1.93 bits per heavy atom. The van der Waals surface area contributed by atoms with E-state index in [2.05, 4.69) is 28.8 Å². The van der Waals surface area contributed by atoms with Gasteiger partial charge in [0.1, 0.15) is 5.82 Å². The Hall–Kier alpha value is -0.960. The summed E-state index contributed by atoms with van der Waals surface area (Å²) in [5.41, 5.74) is 0. The minimum atomic E-state index is 0.956. The Labute approximate surface area is 86.2 Å². The monoisotopic (exact) mass is 193 g/mol. The van der Waals surface area contributed by atoms with E-state index in [-0.39, 0.29) is 0 Å². The molecule has 0 aliphatic carbocycles. The molecule has 0 radical (unpaired) electrons. The summed E-state index contributed by atoms with van der Waals surface area (Å²) in [7, 11) is 2.16. The first-order chi connectivity index (χ1) is 6.83. The van der Waals surface area contributed by atoms with Crippen LogP contribution in [0.25, 0.3) is 0 Å². The molecule has 1 aromatic rings. The van der Waals surface area contributed by atoms with Gasteiger partial charge in [0.2, 0.25) is 0 Å². The summed E-state index contributed by atoms with van der Waals surface area (Å²) in [5.74, 6) is 0.956. The maximum Gasteiger partial charge on any atom is 0.128 e. The minimum Gasteiger partial charge on any atom is -0.306 e. The largest absolute Gasteiger partial charge is 0.306 e. The average molecular weight is 193 g/mol. The van der Waals surface area contributed by atoms with Crippen LogP contribution >= 0.6 is 0 Å². The van der Waals surface area contributed by atoms with E-state index >= 15 is 0 Å². The first-order valence-electron chi connectivity index (χ1n) is 5.27. The zero-order valence-electron chi connectivity index (χ0n) is 9.11. The summed E-state index contributed by atoms with van der Waals surface area (Å²) in [6, 6.07) is 1.85. The van der Waals surface area contributed by atoms with Gasteiger partial charge in [0.15, 0.2) is 0 Å². The van der Waals surface area contributed by atoms with Crippen molar-refractivity contribution in [1.29, 1.82) is 0 Å². The van der Waals surface area contributed by atoms with Crippen molar-refractivity contribution < 1.29 is 0 Å². The predicted molar refractivity (Wildman–Crippen MR) is 58.1 cm³/mol. The molecule has 0 fully saturated rings. The van der Waals surface area contributed by atoms with Gasteiger partial charge in [-0.3, -0.25) is 0 Å². The smallest absolute Gasteiger partial charge is 0.128 e. The molecule has 0 atom stereocenters. The Morgan fingerprint density at radius 1 is 1.21 bits per heavy atom. The van der Waals surface area contributed by atoms with Crippen molar-refractivity contribution in [2.45, 2.75) is 26.2 Å². The van der Waals surface area contributed by atoms with Crippen molar-refractivity contribution in [2.24, 2.45) is 0 Å². The molecule has 78 valence electrons. The number of aromatic nitrogens is 2. The molecule has 1 heterocycles. The molecule has 0 saturated carbocycles. The van der Waals surface area contributed by atoms with E-state index in [0.717, 1.165) is 25.2 Å². The van der Waals surface area contributed by atoms with Gasteiger partial charge in [-0.1, -0.05) is 6.92 Å². The molecular weight excluding hydrogens is 174 g/mol. The van der Waals surface area contributed by atoms with Gasteiger partial charge in [-0.15, -0.1) is 0 Å². The summed E-state index contributed by atoms with van der Waals surface area (Å²) in [5, 5.41) is 0. The summed E-state index contributed by atoms with van der Waals surface area (Å²) in [6.45, 7) is 4.51. The molecular formula is C11H19N3. The van der Waals surface area contributed by atoms with E-state index in [1.807, 2.05) is 6.07 Å². The van der Waals surface area contributed by atoms with Gasteiger partial charge < -0.3 is 4.90 Å². The summed E-state index contributed by atoms with van der Waals surface area (Å²) < 4.78 is 0. The fraction of sp³-hybridized carbons (Fsp3) is 0.636. The molecule has 3 heteroatoms. The highest BCUT2D eigenvalue weighted by Crippen LogP contribution is 1.96. The molecule has 0 saturated heterocycles. The van der Waals surface area contributed by atoms with Gasteiger partial charge in [0, 0.05) is 18.8 Å². The molecule has 0 aromatic carbocycles. The van der Waals surface area contributed by atoms with E-state index in [0.29, 0.717) is 0 Å². The maximum absolute atomic E-state index is 4.19. The van der Waals surface area contributed by atoms with Crippen LogP contribution in [0.3, 0.4) is 0 Å². The normalized spacial score (nSPS) is 10.8. The Kier molecular flexibility index (Phi) is 5.15. The molecule has 0 spiro atoms. The third kappa shape index (κ3) is 4.33. The molecule has 14 heavy (non-hydrogen) atoms. The van der Waals surface area contributed by atoms with Crippen molar-refractivity contribution in [1.82, 2.24) is 14.9 Å². The van der Waals surface area contributed by atoms with Gasteiger partial charge >= 0.3 is 0 Å². The van der Waals surface area contributed by atoms with E-state index in [1.54, 1.807) is 12.4 Å². The van der Waals surface area contributed by atoms with Crippen molar-refractivity contribution in [3.05, 3.63) is 24.3 Å². The highest BCUT2D eigenvalue weighted by molar-refractivity contribution is 4.88. The second-order valence-corrected chi connectivity index (χ2v) is 3.57. The third-order valence-electron chi connectivity index (χ3n) is 2.16. The summed E-state index contributed by atoms with van der Waals surface area (Å²) in [4.78, 5) is 10.7. The van der Waals surface area contributed by atoms with Crippen molar-refractivity contribution >= 4 is 0 Å². The Bertz CT molecular complexity index is 236. The lowest BCUT2D eigenvalue weighted by Crippen LogP contribution is -2.20. The Morgan fingerprint density at radius 3 is 2.57 bits per heavy atom. The zero-order valence-corrected chi connectivity index (χ0v) is 9.11. The van der Waals surface area contributed by atoms with Gasteiger partial charge in [-0.25, -0.2) is 9.97 Å². The summed E-state index contributed by atoms with van der Waals surface area (Å²) >= 11 is 0. The second-order valence-electron chi connectivity index (χ2n) is 3.57. The van der Waals surface area contributed by atoms with Crippen molar-refractivity contribution in [3.63, 3.8) is 0 Å². The van der Waals surface area contributed by atoms with Crippen LogP contribution in [-0.2, 0) is 6.42 Å². The van der Waals surface area contributed by atoms with Crippen molar-refractivity contribution in [3.8, 4) is 0 Å². The van der Waals surface area contributed by atoms with Crippen LogP contribution < -0.4 is 0 Å². The Balaban J connectivity index is 2.16. The highest BCUT2D eigenvalue weighted by atomic mass is 15.1. The number of rotatable bonds is 6. The fourth-order valence-corrected chi connectivity index (χ4v) is 1.46. The van der Waals surface area contributed by atoms with E-state index in [4.69, 9.17) is 0 Å². The van der Waals surface area contributed by atoms with Gasteiger partial charge in [0.25, 0.3) is 0 Å². The fourth-order valence-electron chi connectivity index (χ4n) is 1.46. The van der Waals surface area contributed by atoms with Crippen LogP contribution in [-0.4, -0.2) is 35.0 Å². The molecule has 0 bridgehead atoms. The van der Waals surface area contributed by atoms with Crippen LogP contribution in [0, 0.1) is 0 Å². The van der Waals surface area contributed by atoms with Crippen LogP contribution in [0.1, 0.15) is 25.6 Å². The van der Waals surface area contributed by atoms with Crippen LogP contribution in [0.15, 0.2) is 18.5 Å². The second kappa shape index (κ2) is 6.49. The molecule has 0 aliphatic rings. The molecule has 0 unspecified atom stereocenters. The average Bonchev–Trinajstić information content (AvgIpc) is 2.20. The molecule has 0 aliphatic heterocycles. The molecule has 0 amide bonds. The zero-order chi connectivity index (χ0) is 10.2. The minimum absolute atomic E-state index is 0.956. The summed E-state index contributed by atoms with van der Waals surface area (Å²) in [6.07, 6.45) is 6.95. The first kappa shape index (κ1) is 11.1. The van der Waals surface area contributed by atoms with E-state index in [1.165, 1.54) is 13.0 Å². The van der Waals surface area contributed by atoms with Gasteiger partial charge in [0.05, 0.1) is 0 Å². The molecule has 3 nitrogen and oxygen atoms in total. The molecule has 0 N–H and O–H groups in total. The van der Waals surface area contributed by atoms with E-state index in [9.17, 15) is 0 Å². The van der Waals surface area contributed by atoms with E-state index < -0.39 is 0 Å². The molecule has 1 rings (SSSR count). The molecule has 1 aromatic heterocycles. The number of hydrogen-bond donors (Lipinski definition) is 0. The van der Waals surface area contributed by atoms with Gasteiger partial charge in [-0.2, -0.15) is 0 Å². The predicted octanol–water partition coefficient (Wildman–Crippen LogP) is 1.75. The number of aryl methyl sites for hydroxylation is 1. The first-order valence-corrected chi connectivity index (χ1v) is 5.27. The lowest BCUT2D eigenvalue weighted by molar-refractivity contribution is 0.329. The van der Waals surface area contributed by atoms with Gasteiger partial charge in [-0.05, 0) is 39.0 Å². The van der Waals surface area contributed by atoms with Crippen LogP contribution in [0.5, 0.6) is 0 Å². The third-order valence-corrected chi connectivity index (χ3v) is 2.16. The highest BCUT2D eigenvalue weighted by Gasteiger charge is 1.98. The number of hydrogen-bond acceptors (Lipinski definition) is 3. The standard InChI is InChI=1S/C11H19N3/c1-3-9-14(2)10-4-6-11-12-7-5-8-13-11/h5,7-8H,3-4,6,9-10H2,1-2H3. The maximum atomic E-state index is 4.19. The lowest BCUT2D eigenvalue weighted by atomic mass is 10.2. The van der Waals surface area contributed by atoms with Crippen molar-refractivity contribution in [2.75, 3.05) is 20.1 Å².